The van der Waals surface area contributed by atoms with Gasteiger partial charge in [-0.05, 0) is 31.7 Å². The van der Waals surface area contributed by atoms with Crippen LogP contribution in [0.3, 0.4) is 0 Å². The number of rotatable bonds is 3. The lowest BCUT2D eigenvalue weighted by Crippen LogP contribution is -2.49. The Morgan fingerprint density at radius 3 is 2.90 bits per heavy atom. The molecule has 114 valence electrons. The predicted molar refractivity (Wildman–Crippen MR) is 82.3 cm³/mol. The SMILES string of the molecule is CC1CN(C)CCN1Cc1ccc(F)c(C#CCCO)c1. The molecular weight excluding hydrogens is 267 g/mol. The van der Waals surface area contributed by atoms with Gasteiger partial charge < -0.3 is 10.0 Å². The van der Waals surface area contributed by atoms with Gasteiger partial charge in [-0.2, -0.15) is 0 Å². The number of hydrogen-bond donors (Lipinski definition) is 1. The number of hydrogen-bond acceptors (Lipinski definition) is 3. The minimum absolute atomic E-state index is 0.00706. The second kappa shape index (κ2) is 7.56. The minimum Gasteiger partial charge on any atom is -0.395 e. The molecule has 1 heterocycles. The van der Waals surface area contributed by atoms with Gasteiger partial charge in [0.2, 0.25) is 0 Å². The zero-order chi connectivity index (χ0) is 15.2. The molecule has 1 atom stereocenters. The van der Waals surface area contributed by atoms with Crippen LogP contribution in [0.25, 0.3) is 0 Å². The molecule has 21 heavy (non-hydrogen) atoms. The van der Waals surface area contributed by atoms with Gasteiger partial charge in [-0.25, -0.2) is 4.39 Å². The average molecular weight is 290 g/mol. The van der Waals surface area contributed by atoms with Crippen molar-refractivity contribution in [3.63, 3.8) is 0 Å². The summed E-state index contributed by atoms with van der Waals surface area (Å²) >= 11 is 0. The van der Waals surface area contributed by atoms with Crippen molar-refractivity contribution in [1.29, 1.82) is 0 Å². The molecule has 3 nitrogen and oxygen atoms in total. The van der Waals surface area contributed by atoms with Crippen LogP contribution in [-0.2, 0) is 6.54 Å². The van der Waals surface area contributed by atoms with Crippen LogP contribution in [0.15, 0.2) is 18.2 Å². The summed E-state index contributed by atoms with van der Waals surface area (Å²) in [6.07, 6.45) is 0.374. The van der Waals surface area contributed by atoms with Crippen LogP contribution in [0.4, 0.5) is 4.39 Å². The summed E-state index contributed by atoms with van der Waals surface area (Å²) in [7, 11) is 2.14. The summed E-state index contributed by atoms with van der Waals surface area (Å²) in [6.45, 7) is 6.21. The average Bonchev–Trinajstić information content (AvgIpc) is 2.45. The highest BCUT2D eigenvalue weighted by Crippen LogP contribution is 2.15. The highest BCUT2D eigenvalue weighted by atomic mass is 19.1. The van der Waals surface area contributed by atoms with Gasteiger partial charge in [-0.1, -0.05) is 17.9 Å². The second-order valence-corrected chi connectivity index (χ2v) is 5.67. The number of benzene rings is 1. The first kappa shape index (κ1) is 16.0. The maximum atomic E-state index is 13.7. The Bertz CT molecular complexity index is 535. The quantitative estimate of drug-likeness (QED) is 0.858. The van der Waals surface area contributed by atoms with Gasteiger partial charge in [0.1, 0.15) is 5.82 Å². The number of aliphatic hydroxyl groups excluding tert-OH is 1. The number of nitrogens with zero attached hydrogens (tertiary/aromatic N) is 2. The molecule has 1 N–H and O–H groups in total. The zero-order valence-corrected chi connectivity index (χ0v) is 12.8. The third kappa shape index (κ3) is 4.53. The Labute approximate surface area is 126 Å². The Morgan fingerprint density at radius 2 is 2.19 bits per heavy atom. The van der Waals surface area contributed by atoms with Crippen LogP contribution in [0.2, 0.25) is 0 Å². The van der Waals surface area contributed by atoms with Crippen LogP contribution in [0.1, 0.15) is 24.5 Å². The molecule has 4 heteroatoms. The molecule has 1 aliphatic heterocycles. The fourth-order valence-corrected chi connectivity index (χ4v) is 2.63. The number of aliphatic hydroxyl groups is 1. The first-order valence-corrected chi connectivity index (χ1v) is 7.41. The molecule has 1 aliphatic rings. The van der Waals surface area contributed by atoms with Crippen molar-refractivity contribution in [2.45, 2.75) is 25.9 Å². The molecule has 0 bridgehead atoms. The molecule has 0 aliphatic carbocycles. The van der Waals surface area contributed by atoms with Gasteiger partial charge in [0, 0.05) is 38.6 Å². The van der Waals surface area contributed by atoms with Crippen LogP contribution < -0.4 is 0 Å². The van der Waals surface area contributed by atoms with Gasteiger partial charge >= 0.3 is 0 Å². The normalized spacial score (nSPS) is 20.1. The van der Waals surface area contributed by atoms with Gasteiger partial charge in [0.25, 0.3) is 0 Å². The topological polar surface area (TPSA) is 26.7 Å². The Morgan fingerprint density at radius 1 is 1.38 bits per heavy atom. The molecule has 1 saturated heterocycles. The van der Waals surface area contributed by atoms with E-state index in [0.29, 0.717) is 18.0 Å². The molecule has 0 aromatic heterocycles. The highest BCUT2D eigenvalue weighted by Gasteiger charge is 2.21. The number of halogens is 1. The fraction of sp³-hybridized carbons (Fsp3) is 0.529. The van der Waals surface area contributed by atoms with E-state index < -0.39 is 0 Å². The number of piperazine rings is 1. The third-order valence-electron chi connectivity index (χ3n) is 3.84. The van der Waals surface area contributed by atoms with E-state index in [1.165, 1.54) is 6.07 Å². The van der Waals surface area contributed by atoms with Gasteiger partial charge in [0.15, 0.2) is 0 Å². The zero-order valence-electron chi connectivity index (χ0n) is 12.8. The molecule has 1 aromatic rings. The number of likely N-dealkylation sites (N-methyl/N-ethyl adjacent to an activating group) is 1. The second-order valence-electron chi connectivity index (χ2n) is 5.67. The van der Waals surface area contributed by atoms with Gasteiger partial charge in [0.05, 0.1) is 12.2 Å². The molecular formula is C17H23FN2O. The van der Waals surface area contributed by atoms with Crippen molar-refractivity contribution in [3.05, 3.63) is 35.1 Å². The summed E-state index contributed by atoms with van der Waals surface area (Å²) in [5, 5.41) is 8.73. The summed E-state index contributed by atoms with van der Waals surface area (Å²) in [4.78, 5) is 4.75. The largest absolute Gasteiger partial charge is 0.395 e. The van der Waals surface area contributed by atoms with E-state index in [1.807, 2.05) is 12.1 Å². The molecule has 1 fully saturated rings. The maximum Gasteiger partial charge on any atom is 0.138 e. The lowest BCUT2D eigenvalue weighted by molar-refractivity contribution is 0.0938. The van der Waals surface area contributed by atoms with Crippen molar-refractivity contribution in [1.82, 2.24) is 9.80 Å². The van der Waals surface area contributed by atoms with Crippen LogP contribution in [-0.4, -0.2) is 54.2 Å². The van der Waals surface area contributed by atoms with Gasteiger partial charge in [-0.15, -0.1) is 0 Å². The van der Waals surface area contributed by atoms with E-state index in [4.69, 9.17) is 5.11 Å². The van der Waals surface area contributed by atoms with E-state index in [0.717, 1.165) is 31.7 Å². The molecule has 2 rings (SSSR count). The Balaban J connectivity index is 2.07. The fourth-order valence-electron chi connectivity index (χ4n) is 2.63. The molecule has 1 aromatic carbocycles. The Hall–Kier alpha value is -1.41. The summed E-state index contributed by atoms with van der Waals surface area (Å²) in [5.74, 6) is 5.28. The molecule has 0 radical (unpaired) electrons. The van der Waals surface area contributed by atoms with Crippen LogP contribution in [0, 0.1) is 17.7 Å². The molecule has 0 spiro atoms. The smallest absolute Gasteiger partial charge is 0.138 e. The first-order chi connectivity index (χ1) is 10.1. The first-order valence-electron chi connectivity index (χ1n) is 7.41. The van der Waals surface area contributed by atoms with Crippen molar-refractivity contribution < 1.29 is 9.50 Å². The standard InChI is InChI=1S/C17H23FN2O/c1-14-12-19(2)8-9-20(14)13-15-6-7-17(18)16(11-15)5-3-4-10-21/h6-7,11,14,21H,4,8-10,12-13H2,1-2H3. The van der Waals surface area contributed by atoms with E-state index in [1.54, 1.807) is 0 Å². The van der Waals surface area contributed by atoms with Crippen molar-refractivity contribution >= 4 is 0 Å². The van der Waals surface area contributed by atoms with Crippen LogP contribution in [0.5, 0.6) is 0 Å². The van der Waals surface area contributed by atoms with Gasteiger partial charge in [-0.3, -0.25) is 4.90 Å². The highest BCUT2D eigenvalue weighted by molar-refractivity contribution is 5.38. The minimum atomic E-state index is -0.296. The van der Waals surface area contributed by atoms with E-state index in [2.05, 4.69) is 35.6 Å². The maximum absolute atomic E-state index is 13.7. The summed E-state index contributed by atoms with van der Waals surface area (Å²) < 4.78 is 13.7. The van der Waals surface area contributed by atoms with E-state index in [-0.39, 0.29) is 12.4 Å². The summed E-state index contributed by atoms with van der Waals surface area (Å²) in [5.41, 5.74) is 1.50. The molecule has 0 saturated carbocycles. The Kier molecular flexibility index (Phi) is 5.75. The monoisotopic (exact) mass is 290 g/mol. The van der Waals surface area contributed by atoms with E-state index >= 15 is 0 Å². The van der Waals surface area contributed by atoms with Crippen molar-refractivity contribution in [3.8, 4) is 11.8 Å². The predicted octanol–water partition coefficient (Wildman–Crippen LogP) is 1.70. The van der Waals surface area contributed by atoms with E-state index in [9.17, 15) is 4.39 Å². The van der Waals surface area contributed by atoms with Crippen LogP contribution >= 0.6 is 0 Å². The molecule has 1 unspecified atom stereocenters. The molecule has 0 amide bonds. The summed E-state index contributed by atoms with van der Waals surface area (Å²) in [6, 6.07) is 5.64. The van der Waals surface area contributed by atoms with Crippen molar-refractivity contribution in [2.75, 3.05) is 33.3 Å². The third-order valence-corrected chi connectivity index (χ3v) is 3.84. The van der Waals surface area contributed by atoms with Crippen molar-refractivity contribution in [2.24, 2.45) is 0 Å². The lowest BCUT2D eigenvalue weighted by Gasteiger charge is -2.38. The lowest BCUT2D eigenvalue weighted by atomic mass is 10.1.